The maximum absolute atomic E-state index is 8.97. The first kappa shape index (κ1) is 14.2. The van der Waals surface area contributed by atoms with Gasteiger partial charge >= 0.3 is 0 Å². The average Bonchev–Trinajstić information content (AvgIpc) is 3.07. The lowest BCUT2D eigenvalue weighted by Crippen LogP contribution is -2.33. The number of hydrogen-bond donors (Lipinski definition) is 0. The van der Waals surface area contributed by atoms with Crippen LogP contribution in [0.4, 0.5) is 0 Å². The highest BCUT2D eigenvalue weighted by molar-refractivity contribution is 5.41. The molecule has 116 valence electrons. The number of pyridine rings is 1. The molecular weight excluding hydrogens is 286 g/mol. The normalized spacial score (nSPS) is 17.7. The van der Waals surface area contributed by atoms with Crippen molar-refractivity contribution in [1.29, 1.82) is 5.26 Å². The van der Waals surface area contributed by atoms with Gasteiger partial charge in [-0.3, -0.25) is 4.90 Å². The number of hydrogen-bond acceptors (Lipinski definition) is 4. The van der Waals surface area contributed by atoms with Crippen molar-refractivity contribution >= 4 is 0 Å². The Bertz CT molecular complexity index is 794. The van der Waals surface area contributed by atoms with E-state index in [9.17, 15) is 0 Å². The highest BCUT2D eigenvalue weighted by Gasteiger charge is 2.24. The van der Waals surface area contributed by atoms with E-state index in [0.717, 1.165) is 44.0 Å². The van der Waals surface area contributed by atoms with Crippen LogP contribution in [0.1, 0.15) is 41.0 Å². The van der Waals surface area contributed by atoms with Crippen LogP contribution in [0, 0.1) is 11.3 Å². The van der Waals surface area contributed by atoms with Gasteiger partial charge in [-0.25, -0.2) is 4.98 Å². The predicted octanol–water partition coefficient (Wildman–Crippen LogP) is 3.01. The molecule has 4 heteroatoms. The van der Waals surface area contributed by atoms with Gasteiger partial charge in [-0.05, 0) is 35.7 Å². The zero-order valence-corrected chi connectivity index (χ0v) is 13.2. The largest absolute Gasteiger partial charge is 0.493 e. The minimum absolute atomic E-state index is 0.341. The van der Waals surface area contributed by atoms with Crippen molar-refractivity contribution < 1.29 is 4.74 Å². The van der Waals surface area contributed by atoms with Gasteiger partial charge in [-0.2, -0.15) is 5.26 Å². The van der Waals surface area contributed by atoms with Crippen LogP contribution in [0.25, 0.3) is 0 Å². The molecule has 1 unspecified atom stereocenters. The summed E-state index contributed by atoms with van der Waals surface area (Å²) < 4.78 is 5.70. The van der Waals surface area contributed by atoms with Crippen molar-refractivity contribution in [3.63, 3.8) is 0 Å². The first-order chi connectivity index (χ1) is 11.2. The summed E-state index contributed by atoms with van der Waals surface area (Å²) in [7, 11) is 0. The summed E-state index contributed by atoms with van der Waals surface area (Å²) in [5.74, 6) is 1.05. The first-order valence-corrected chi connectivity index (χ1v) is 8.13. The summed E-state index contributed by atoms with van der Waals surface area (Å²) >= 11 is 0. The number of aromatic nitrogens is 1. The predicted molar refractivity (Wildman–Crippen MR) is 87.1 cm³/mol. The molecule has 2 aliphatic rings. The lowest BCUT2D eigenvalue weighted by molar-refractivity contribution is 0.190. The van der Waals surface area contributed by atoms with Gasteiger partial charge in [0.15, 0.2) is 0 Å². The topological polar surface area (TPSA) is 49.1 Å². The molecule has 1 aromatic carbocycles. The quantitative estimate of drug-likeness (QED) is 0.856. The highest BCUT2D eigenvalue weighted by atomic mass is 16.5. The number of benzene rings is 1. The summed E-state index contributed by atoms with van der Waals surface area (Å²) in [6.45, 7) is 4.90. The minimum Gasteiger partial charge on any atom is -0.493 e. The van der Waals surface area contributed by atoms with Crippen LogP contribution in [0.5, 0.6) is 5.75 Å². The molecule has 4 rings (SSSR count). The standard InChI is InChI=1S/C19H19N3O/c1-13(15-3-2-14-7-9-23-19(14)10-15)22-8-6-18-16(12-22)4-5-17(11-20)21-18/h2-5,10,13H,6-9,12H2,1H3. The Labute approximate surface area is 136 Å². The van der Waals surface area contributed by atoms with Gasteiger partial charge in [0.05, 0.1) is 6.61 Å². The Morgan fingerprint density at radius 2 is 2.09 bits per heavy atom. The van der Waals surface area contributed by atoms with Crippen molar-refractivity contribution in [2.75, 3.05) is 13.2 Å². The van der Waals surface area contributed by atoms with E-state index in [1.807, 2.05) is 12.1 Å². The van der Waals surface area contributed by atoms with Crippen LogP contribution in [0.3, 0.4) is 0 Å². The summed E-state index contributed by atoms with van der Waals surface area (Å²) in [6.07, 6.45) is 1.92. The van der Waals surface area contributed by atoms with E-state index in [1.165, 1.54) is 16.7 Å². The molecule has 2 aromatic rings. The lowest BCUT2D eigenvalue weighted by atomic mass is 9.99. The fraction of sp³-hybridized carbons (Fsp3) is 0.368. The summed E-state index contributed by atoms with van der Waals surface area (Å²) in [6, 6.07) is 12.9. The van der Waals surface area contributed by atoms with Crippen molar-refractivity contribution in [1.82, 2.24) is 9.88 Å². The summed E-state index contributed by atoms with van der Waals surface area (Å²) in [4.78, 5) is 6.90. The van der Waals surface area contributed by atoms with Gasteiger partial charge in [-0.1, -0.05) is 18.2 Å². The van der Waals surface area contributed by atoms with E-state index in [1.54, 1.807) is 0 Å². The van der Waals surface area contributed by atoms with Gasteiger partial charge < -0.3 is 4.74 Å². The van der Waals surface area contributed by atoms with Gasteiger partial charge in [0, 0.05) is 37.7 Å². The third-order valence-electron chi connectivity index (χ3n) is 4.94. The van der Waals surface area contributed by atoms with Gasteiger partial charge in [-0.15, -0.1) is 0 Å². The van der Waals surface area contributed by atoms with E-state index < -0.39 is 0 Å². The monoisotopic (exact) mass is 305 g/mol. The molecule has 3 heterocycles. The molecule has 0 saturated carbocycles. The third kappa shape index (κ3) is 2.58. The number of fused-ring (bicyclic) bond motifs is 2. The Morgan fingerprint density at radius 1 is 1.22 bits per heavy atom. The number of ether oxygens (including phenoxy) is 1. The molecular formula is C19H19N3O. The number of rotatable bonds is 2. The molecule has 0 spiro atoms. The fourth-order valence-corrected chi connectivity index (χ4v) is 3.48. The van der Waals surface area contributed by atoms with Crippen LogP contribution in [0.15, 0.2) is 30.3 Å². The summed E-state index contributed by atoms with van der Waals surface area (Å²) in [5, 5.41) is 8.97. The summed E-state index contributed by atoms with van der Waals surface area (Å²) in [5.41, 5.74) is 5.44. The maximum Gasteiger partial charge on any atom is 0.140 e. The average molecular weight is 305 g/mol. The second kappa shape index (κ2) is 5.68. The molecule has 4 nitrogen and oxygen atoms in total. The van der Waals surface area contributed by atoms with Gasteiger partial charge in [0.2, 0.25) is 0 Å². The van der Waals surface area contributed by atoms with Gasteiger partial charge in [0.25, 0.3) is 0 Å². The van der Waals surface area contributed by atoms with Crippen LogP contribution in [-0.2, 0) is 19.4 Å². The van der Waals surface area contributed by atoms with E-state index in [0.29, 0.717) is 11.7 Å². The Morgan fingerprint density at radius 3 is 2.96 bits per heavy atom. The Hall–Kier alpha value is -2.38. The third-order valence-corrected chi connectivity index (χ3v) is 4.94. The van der Waals surface area contributed by atoms with E-state index in [2.05, 4.69) is 41.1 Å². The molecule has 0 radical (unpaired) electrons. The molecule has 0 fully saturated rings. The first-order valence-electron chi connectivity index (χ1n) is 8.13. The number of nitrogens with zero attached hydrogens (tertiary/aromatic N) is 3. The molecule has 2 aliphatic heterocycles. The minimum atomic E-state index is 0.341. The van der Waals surface area contributed by atoms with Crippen LogP contribution in [0.2, 0.25) is 0 Å². The fourth-order valence-electron chi connectivity index (χ4n) is 3.48. The zero-order chi connectivity index (χ0) is 15.8. The van der Waals surface area contributed by atoms with Gasteiger partial charge in [0.1, 0.15) is 17.5 Å². The molecule has 0 amide bonds. The highest BCUT2D eigenvalue weighted by Crippen LogP contribution is 2.32. The molecule has 0 saturated heterocycles. The molecule has 23 heavy (non-hydrogen) atoms. The van der Waals surface area contributed by atoms with Crippen LogP contribution in [-0.4, -0.2) is 23.0 Å². The van der Waals surface area contributed by atoms with Crippen molar-refractivity contribution in [2.24, 2.45) is 0 Å². The Kier molecular flexibility index (Phi) is 3.51. The molecule has 1 atom stereocenters. The molecule has 1 aromatic heterocycles. The Balaban J connectivity index is 1.56. The van der Waals surface area contributed by atoms with E-state index in [-0.39, 0.29) is 0 Å². The van der Waals surface area contributed by atoms with Crippen LogP contribution < -0.4 is 4.74 Å². The zero-order valence-electron chi connectivity index (χ0n) is 13.2. The van der Waals surface area contributed by atoms with E-state index >= 15 is 0 Å². The number of nitriles is 1. The van der Waals surface area contributed by atoms with Crippen molar-refractivity contribution in [3.05, 3.63) is 58.4 Å². The second-order valence-corrected chi connectivity index (χ2v) is 6.28. The van der Waals surface area contributed by atoms with E-state index in [4.69, 9.17) is 10.00 Å². The molecule has 0 aliphatic carbocycles. The molecule has 0 N–H and O–H groups in total. The SMILES string of the molecule is CC(c1ccc2c(c1)OCC2)N1CCc2nc(C#N)ccc2C1. The molecule has 0 bridgehead atoms. The smallest absolute Gasteiger partial charge is 0.140 e. The maximum atomic E-state index is 8.97. The second-order valence-electron chi connectivity index (χ2n) is 6.28. The van der Waals surface area contributed by atoms with Crippen molar-refractivity contribution in [2.45, 2.75) is 32.4 Å². The van der Waals surface area contributed by atoms with Crippen molar-refractivity contribution in [3.8, 4) is 11.8 Å². The lowest BCUT2D eigenvalue weighted by Gasteiger charge is -2.33. The van der Waals surface area contributed by atoms with Crippen LogP contribution >= 0.6 is 0 Å².